The van der Waals surface area contributed by atoms with Gasteiger partial charge in [-0.15, -0.1) is 11.3 Å². The average Bonchev–Trinajstić information content (AvgIpc) is 2.53. The van der Waals surface area contributed by atoms with Crippen molar-refractivity contribution < 1.29 is 0 Å². The largest absolute Gasteiger partial charge is 0.255 e. The van der Waals surface area contributed by atoms with Crippen molar-refractivity contribution in [2.75, 3.05) is 0 Å². The number of nitrogens with zero attached hydrogens (tertiary/aromatic N) is 1. The zero-order valence-electron chi connectivity index (χ0n) is 7.74. The molecule has 0 N–H and O–H groups in total. The molecule has 0 aliphatic carbocycles. The quantitative estimate of drug-likeness (QED) is 0.669. The second-order valence-electron chi connectivity index (χ2n) is 3.08. The highest BCUT2D eigenvalue weighted by atomic mass is 32.1. The summed E-state index contributed by atoms with van der Waals surface area (Å²) in [6.45, 7) is 4.21. The first-order chi connectivity index (χ1) is 6.27. The Balaban J connectivity index is 2.52. The van der Waals surface area contributed by atoms with E-state index in [1.165, 1.54) is 15.3 Å². The van der Waals surface area contributed by atoms with Crippen LogP contribution in [0.1, 0.15) is 10.4 Å². The molecule has 0 fully saturated rings. The van der Waals surface area contributed by atoms with Crippen LogP contribution in [0.3, 0.4) is 0 Å². The molecule has 0 amide bonds. The number of hydrogen-bond donors (Lipinski definition) is 0. The smallest absolute Gasteiger partial charge is 0.0830 e. The van der Waals surface area contributed by atoms with Gasteiger partial charge in [0.15, 0.2) is 0 Å². The number of thiophene rings is 1. The molecule has 0 saturated carbocycles. The van der Waals surface area contributed by atoms with Gasteiger partial charge >= 0.3 is 0 Å². The van der Waals surface area contributed by atoms with Gasteiger partial charge in [0.1, 0.15) is 0 Å². The van der Waals surface area contributed by atoms with Crippen molar-refractivity contribution in [3.8, 4) is 10.6 Å². The number of rotatable bonds is 1. The minimum Gasteiger partial charge on any atom is -0.255 e. The molecule has 1 nitrogen and oxygen atoms in total. The lowest BCUT2D eigenvalue weighted by atomic mass is 10.2. The van der Waals surface area contributed by atoms with Crippen LogP contribution in [0.15, 0.2) is 30.5 Å². The average molecular weight is 189 g/mol. The molecule has 2 aromatic heterocycles. The van der Waals surface area contributed by atoms with Crippen LogP contribution in [0.2, 0.25) is 0 Å². The fourth-order valence-corrected chi connectivity index (χ4v) is 2.23. The lowest BCUT2D eigenvalue weighted by Crippen LogP contribution is -1.82. The maximum atomic E-state index is 4.37. The van der Waals surface area contributed by atoms with E-state index >= 15 is 0 Å². The summed E-state index contributed by atoms with van der Waals surface area (Å²) in [7, 11) is 0. The van der Waals surface area contributed by atoms with Gasteiger partial charge in [-0.3, -0.25) is 4.98 Å². The summed E-state index contributed by atoms with van der Waals surface area (Å²) in [5.41, 5.74) is 2.35. The van der Waals surface area contributed by atoms with Gasteiger partial charge in [0, 0.05) is 11.1 Å². The van der Waals surface area contributed by atoms with Gasteiger partial charge in [0.25, 0.3) is 0 Å². The molecule has 2 aromatic rings. The third-order valence-corrected chi connectivity index (χ3v) is 2.99. The second kappa shape index (κ2) is 3.30. The summed E-state index contributed by atoms with van der Waals surface area (Å²) in [6.07, 6.45) is 1.84. The third-order valence-electron chi connectivity index (χ3n) is 1.98. The number of pyridine rings is 1. The summed E-state index contributed by atoms with van der Waals surface area (Å²) in [4.78, 5) is 6.97. The van der Waals surface area contributed by atoms with Crippen LogP contribution in [0.5, 0.6) is 0 Å². The predicted molar refractivity (Wildman–Crippen MR) is 57.0 cm³/mol. The van der Waals surface area contributed by atoms with Crippen molar-refractivity contribution in [1.29, 1.82) is 0 Å². The van der Waals surface area contributed by atoms with Gasteiger partial charge in [0.2, 0.25) is 0 Å². The van der Waals surface area contributed by atoms with Gasteiger partial charge in [-0.1, -0.05) is 6.07 Å². The minimum absolute atomic E-state index is 1.11. The first-order valence-corrected chi connectivity index (χ1v) is 5.07. The number of aromatic nitrogens is 1. The van der Waals surface area contributed by atoms with Crippen LogP contribution in [0.25, 0.3) is 10.6 Å². The van der Waals surface area contributed by atoms with E-state index in [2.05, 4.69) is 37.0 Å². The normalized spacial score (nSPS) is 10.3. The van der Waals surface area contributed by atoms with Crippen LogP contribution >= 0.6 is 11.3 Å². The molecule has 0 atom stereocenters. The summed E-state index contributed by atoms with van der Waals surface area (Å²) < 4.78 is 0. The molecule has 0 aromatic carbocycles. The van der Waals surface area contributed by atoms with Crippen molar-refractivity contribution in [2.45, 2.75) is 13.8 Å². The predicted octanol–water partition coefficient (Wildman–Crippen LogP) is 3.43. The Morgan fingerprint density at radius 1 is 1.15 bits per heavy atom. The SMILES string of the molecule is Cc1ccc(-c2ncccc2C)s1. The van der Waals surface area contributed by atoms with E-state index in [4.69, 9.17) is 0 Å². The van der Waals surface area contributed by atoms with Gasteiger partial charge in [0.05, 0.1) is 10.6 Å². The van der Waals surface area contributed by atoms with Crippen LogP contribution < -0.4 is 0 Å². The summed E-state index contributed by atoms with van der Waals surface area (Å²) in [5, 5.41) is 0. The van der Waals surface area contributed by atoms with Gasteiger partial charge in [-0.25, -0.2) is 0 Å². The minimum atomic E-state index is 1.11. The Morgan fingerprint density at radius 3 is 2.62 bits per heavy atom. The standard InChI is InChI=1S/C11H11NS/c1-8-4-3-7-12-11(8)10-6-5-9(2)13-10/h3-7H,1-2H3. The molecule has 2 heterocycles. The Kier molecular flexibility index (Phi) is 2.15. The summed E-state index contributed by atoms with van der Waals surface area (Å²) >= 11 is 1.79. The van der Waals surface area contributed by atoms with Gasteiger partial charge in [-0.2, -0.15) is 0 Å². The Bertz CT molecular complexity index is 418. The highest BCUT2D eigenvalue weighted by Gasteiger charge is 2.03. The van der Waals surface area contributed by atoms with E-state index < -0.39 is 0 Å². The molecule has 0 radical (unpaired) electrons. The summed E-state index contributed by atoms with van der Waals surface area (Å²) in [6, 6.07) is 8.33. The Morgan fingerprint density at radius 2 is 2.00 bits per heavy atom. The van der Waals surface area contributed by atoms with Crippen molar-refractivity contribution in [2.24, 2.45) is 0 Å². The molecule has 0 saturated heterocycles. The molecule has 0 bridgehead atoms. The van der Waals surface area contributed by atoms with Crippen LogP contribution in [0.4, 0.5) is 0 Å². The fraction of sp³-hybridized carbons (Fsp3) is 0.182. The van der Waals surface area contributed by atoms with E-state index in [9.17, 15) is 0 Å². The van der Waals surface area contributed by atoms with E-state index in [1.807, 2.05) is 12.3 Å². The molecule has 0 spiro atoms. The monoisotopic (exact) mass is 189 g/mol. The van der Waals surface area contributed by atoms with Gasteiger partial charge < -0.3 is 0 Å². The molecular weight excluding hydrogens is 178 g/mol. The Labute approximate surface area is 82.1 Å². The van der Waals surface area contributed by atoms with Crippen LogP contribution in [-0.2, 0) is 0 Å². The van der Waals surface area contributed by atoms with Crippen molar-refractivity contribution >= 4 is 11.3 Å². The van der Waals surface area contributed by atoms with Crippen molar-refractivity contribution in [1.82, 2.24) is 4.98 Å². The molecule has 66 valence electrons. The lowest BCUT2D eigenvalue weighted by Gasteiger charge is -1.99. The molecular formula is C11H11NS. The van der Waals surface area contributed by atoms with Crippen LogP contribution in [0, 0.1) is 13.8 Å². The number of hydrogen-bond acceptors (Lipinski definition) is 2. The first kappa shape index (κ1) is 8.45. The van der Waals surface area contributed by atoms with E-state index in [1.54, 1.807) is 11.3 Å². The topological polar surface area (TPSA) is 12.9 Å². The zero-order chi connectivity index (χ0) is 9.26. The third kappa shape index (κ3) is 1.63. The van der Waals surface area contributed by atoms with Crippen LogP contribution in [-0.4, -0.2) is 4.98 Å². The molecule has 0 aliphatic rings. The molecule has 2 heteroatoms. The number of aryl methyl sites for hydroxylation is 2. The maximum absolute atomic E-state index is 4.37. The Hall–Kier alpha value is -1.15. The molecule has 0 aliphatic heterocycles. The van der Waals surface area contributed by atoms with E-state index in [0.29, 0.717) is 0 Å². The molecule has 13 heavy (non-hydrogen) atoms. The maximum Gasteiger partial charge on any atom is 0.0830 e. The fourth-order valence-electron chi connectivity index (χ4n) is 1.31. The van der Waals surface area contributed by atoms with Crippen molar-refractivity contribution in [3.05, 3.63) is 40.9 Å². The molecule has 2 rings (SSSR count). The molecule has 0 unspecified atom stereocenters. The van der Waals surface area contributed by atoms with Crippen molar-refractivity contribution in [3.63, 3.8) is 0 Å². The highest BCUT2D eigenvalue weighted by Crippen LogP contribution is 2.27. The second-order valence-corrected chi connectivity index (χ2v) is 4.37. The lowest BCUT2D eigenvalue weighted by molar-refractivity contribution is 1.28. The highest BCUT2D eigenvalue weighted by molar-refractivity contribution is 7.15. The zero-order valence-corrected chi connectivity index (χ0v) is 8.56. The summed E-state index contributed by atoms with van der Waals surface area (Å²) in [5.74, 6) is 0. The van der Waals surface area contributed by atoms with E-state index in [0.717, 1.165) is 5.69 Å². The van der Waals surface area contributed by atoms with Gasteiger partial charge in [-0.05, 0) is 37.6 Å². The first-order valence-electron chi connectivity index (χ1n) is 4.26. The van der Waals surface area contributed by atoms with E-state index in [-0.39, 0.29) is 0 Å².